The van der Waals surface area contributed by atoms with Crippen molar-refractivity contribution in [2.75, 3.05) is 0 Å². The van der Waals surface area contributed by atoms with Crippen LogP contribution in [0.3, 0.4) is 0 Å². The molecule has 0 aliphatic rings. The molecule has 156 valence electrons. The van der Waals surface area contributed by atoms with Crippen LogP contribution in [-0.4, -0.2) is 22.6 Å². The highest BCUT2D eigenvalue weighted by Crippen LogP contribution is 2.33. The molecule has 0 aromatic heterocycles. The molecule has 0 aliphatic carbocycles. The lowest BCUT2D eigenvalue weighted by atomic mass is 9.99. The van der Waals surface area contributed by atoms with Gasteiger partial charge in [-0.05, 0) is 73.4 Å². The van der Waals surface area contributed by atoms with Crippen molar-refractivity contribution < 1.29 is 24.3 Å². The Kier molecular flexibility index (Phi) is 8.30. The van der Waals surface area contributed by atoms with Crippen LogP contribution in [-0.2, 0) is 19.6 Å². The van der Waals surface area contributed by atoms with Crippen molar-refractivity contribution >= 4 is 0 Å². The second-order valence-corrected chi connectivity index (χ2v) is 9.05. The Hall–Kier alpha value is -1.14. The van der Waals surface area contributed by atoms with Gasteiger partial charge in [-0.15, -0.1) is 0 Å². The number of para-hydroxylation sites is 1. The number of hydrogen-bond acceptors (Lipinski definition) is 5. The first-order chi connectivity index (χ1) is 12.3. The minimum absolute atomic E-state index is 0.397. The molecular formula is C22H38O5. The average molecular weight is 383 g/mol. The van der Waals surface area contributed by atoms with Crippen LogP contribution in [0.4, 0.5) is 0 Å². The van der Waals surface area contributed by atoms with Gasteiger partial charge in [0.25, 0.3) is 0 Å². The van der Waals surface area contributed by atoms with Gasteiger partial charge in [-0.3, -0.25) is 0 Å². The summed E-state index contributed by atoms with van der Waals surface area (Å²) >= 11 is 0. The fraction of sp³-hybridized carbons (Fsp3) is 0.727. The van der Waals surface area contributed by atoms with Crippen molar-refractivity contribution in [1.82, 2.24) is 0 Å². The van der Waals surface area contributed by atoms with E-state index >= 15 is 0 Å². The van der Waals surface area contributed by atoms with E-state index in [1.165, 1.54) is 0 Å². The molecule has 0 fully saturated rings. The molecule has 1 aromatic rings. The first kappa shape index (κ1) is 23.9. The van der Waals surface area contributed by atoms with E-state index in [9.17, 15) is 0 Å². The third-order valence-corrected chi connectivity index (χ3v) is 4.47. The fourth-order valence-corrected chi connectivity index (χ4v) is 2.21. The molecule has 0 bridgehead atoms. The molecule has 0 saturated heterocycles. The normalized spacial score (nSPS) is 13.7. The number of ether oxygens (including phenoxy) is 1. The predicted molar refractivity (Wildman–Crippen MR) is 107 cm³/mol. The second kappa shape index (κ2) is 9.37. The van der Waals surface area contributed by atoms with E-state index in [0.717, 1.165) is 18.6 Å². The molecular weight excluding hydrogens is 344 g/mol. The van der Waals surface area contributed by atoms with Crippen molar-refractivity contribution in [3.05, 3.63) is 30.3 Å². The Morgan fingerprint density at radius 2 is 1.07 bits per heavy atom. The molecule has 27 heavy (non-hydrogen) atoms. The van der Waals surface area contributed by atoms with Crippen LogP contribution in [0.1, 0.15) is 81.6 Å². The molecule has 0 atom stereocenters. The zero-order valence-electron chi connectivity index (χ0n) is 18.5. The van der Waals surface area contributed by atoms with Gasteiger partial charge in [0.1, 0.15) is 11.4 Å². The van der Waals surface area contributed by atoms with Gasteiger partial charge in [0, 0.05) is 6.42 Å². The van der Waals surface area contributed by atoms with Crippen molar-refractivity contribution in [3.63, 3.8) is 0 Å². The second-order valence-electron chi connectivity index (χ2n) is 9.05. The van der Waals surface area contributed by atoms with Gasteiger partial charge in [-0.1, -0.05) is 32.0 Å². The van der Waals surface area contributed by atoms with Crippen molar-refractivity contribution in [3.8, 4) is 5.75 Å². The first-order valence-electron chi connectivity index (χ1n) is 9.80. The van der Waals surface area contributed by atoms with Crippen molar-refractivity contribution in [2.24, 2.45) is 0 Å². The smallest absolute Gasteiger partial charge is 0.235 e. The van der Waals surface area contributed by atoms with Crippen LogP contribution in [0.2, 0.25) is 0 Å². The summed E-state index contributed by atoms with van der Waals surface area (Å²) in [6.07, 6.45) is 2.00. The van der Waals surface area contributed by atoms with Crippen molar-refractivity contribution in [2.45, 2.75) is 104 Å². The maximum Gasteiger partial charge on any atom is 0.235 e. The Morgan fingerprint density at radius 1 is 0.630 bits per heavy atom. The van der Waals surface area contributed by atoms with Crippen LogP contribution in [0, 0.1) is 0 Å². The van der Waals surface area contributed by atoms with Crippen LogP contribution in [0.5, 0.6) is 5.75 Å². The Bertz CT molecular complexity index is 531. The summed E-state index contributed by atoms with van der Waals surface area (Å²) in [5, 5.41) is 0. The van der Waals surface area contributed by atoms with Gasteiger partial charge in [0.05, 0.1) is 11.2 Å². The molecule has 1 aromatic carbocycles. The van der Waals surface area contributed by atoms with Crippen LogP contribution in [0.25, 0.3) is 0 Å². The van der Waals surface area contributed by atoms with Gasteiger partial charge in [0.15, 0.2) is 0 Å². The molecule has 5 heteroatoms. The highest BCUT2D eigenvalue weighted by molar-refractivity contribution is 5.21. The SMILES string of the molecule is CCC(C)(C)OOC(C)(CC(C)(C)Oc1ccccc1)OOC(C)(C)CC. The first-order valence-corrected chi connectivity index (χ1v) is 9.80. The fourth-order valence-electron chi connectivity index (χ4n) is 2.21. The van der Waals surface area contributed by atoms with E-state index in [-0.39, 0.29) is 0 Å². The molecule has 0 spiro atoms. The lowest BCUT2D eigenvalue weighted by molar-refractivity contribution is -0.542. The maximum atomic E-state index is 6.14. The van der Waals surface area contributed by atoms with Gasteiger partial charge in [-0.2, -0.15) is 9.78 Å². The van der Waals surface area contributed by atoms with E-state index in [0.29, 0.717) is 6.42 Å². The number of hydrogen-bond donors (Lipinski definition) is 0. The van der Waals surface area contributed by atoms with Gasteiger partial charge in [-0.25, -0.2) is 9.78 Å². The summed E-state index contributed by atoms with van der Waals surface area (Å²) in [7, 11) is 0. The Balaban J connectivity index is 2.90. The van der Waals surface area contributed by atoms with Gasteiger partial charge in [0.2, 0.25) is 5.79 Å². The minimum Gasteiger partial charge on any atom is -0.488 e. The zero-order valence-corrected chi connectivity index (χ0v) is 18.5. The standard InChI is InChI=1S/C22H38O5/c1-10-19(3,4)24-26-22(9,27-25-20(5,6)11-2)17-21(7,8)23-18-15-13-12-14-16-18/h12-16H,10-11,17H2,1-9H3. The summed E-state index contributed by atoms with van der Waals surface area (Å²) in [4.78, 5) is 22.9. The molecule has 0 unspecified atom stereocenters. The summed E-state index contributed by atoms with van der Waals surface area (Å²) < 4.78 is 6.14. The van der Waals surface area contributed by atoms with Crippen LogP contribution in [0.15, 0.2) is 30.3 Å². The Morgan fingerprint density at radius 3 is 1.48 bits per heavy atom. The van der Waals surface area contributed by atoms with Crippen LogP contribution < -0.4 is 4.74 Å². The van der Waals surface area contributed by atoms with Crippen LogP contribution >= 0.6 is 0 Å². The van der Waals surface area contributed by atoms with E-state index in [2.05, 4.69) is 0 Å². The molecule has 5 nitrogen and oxygen atoms in total. The minimum atomic E-state index is -1.14. The van der Waals surface area contributed by atoms with Crippen molar-refractivity contribution in [1.29, 1.82) is 0 Å². The summed E-state index contributed by atoms with van der Waals surface area (Å²) in [6.45, 7) is 17.7. The van der Waals surface area contributed by atoms with E-state index in [4.69, 9.17) is 24.3 Å². The number of benzene rings is 1. The molecule has 0 radical (unpaired) electrons. The van der Waals surface area contributed by atoms with E-state index < -0.39 is 22.6 Å². The predicted octanol–water partition coefficient (Wildman–Crippen LogP) is 6.22. The van der Waals surface area contributed by atoms with E-state index in [1.807, 2.05) is 85.7 Å². The molecule has 0 heterocycles. The monoisotopic (exact) mass is 382 g/mol. The zero-order chi connectivity index (χ0) is 20.8. The number of rotatable bonds is 12. The topological polar surface area (TPSA) is 46.2 Å². The molecule has 1 rings (SSSR count). The van der Waals surface area contributed by atoms with Gasteiger partial charge >= 0.3 is 0 Å². The maximum absolute atomic E-state index is 6.14. The molecule has 0 saturated carbocycles. The molecule has 0 aliphatic heterocycles. The molecule has 0 amide bonds. The largest absolute Gasteiger partial charge is 0.488 e. The molecule has 0 N–H and O–H groups in total. The highest BCUT2D eigenvalue weighted by Gasteiger charge is 2.41. The lowest BCUT2D eigenvalue weighted by Crippen LogP contribution is -2.46. The van der Waals surface area contributed by atoms with E-state index in [1.54, 1.807) is 6.92 Å². The Labute approximate surface area is 165 Å². The third kappa shape index (κ3) is 9.06. The summed E-state index contributed by atoms with van der Waals surface area (Å²) in [5.74, 6) is -0.355. The lowest BCUT2D eigenvalue weighted by Gasteiger charge is -2.38. The third-order valence-electron chi connectivity index (χ3n) is 4.47. The average Bonchev–Trinajstić information content (AvgIpc) is 2.59. The quantitative estimate of drug-likeness (QED) is 0.244. The highest BCUT2D eigenvalue weighted by atomic mass is 17.3. The summed E-state index contributed by atoms with van der Waals surface area (Å²) in [6, 6.07) is 9.69. The van der Waals surface area contributed by atoms with Gasteiger partial charge < -0.3 is 4.74 Å². The summed E-state index contributed by atoms with van der Waals surface area (Å²) in [5.41, 5.74) is -1.44.